The molecule has 0 aliphatic carbocycles. The van der Waals surface area contributed by atoms with Gasteiger partial charge in [-0.2, -0.15) is 0 Å². The van der Waals surface area contributed by atoms with Crippen LogP contribution in [0.2, 0.25) is 78.6 Å². The molecule has 0 amide bonds. The fourth-order valence-electron chi connectivity index (χ4n) is 11.1. The summed E-state index contributed by atoms with van der Waals surface area (Å²) in [4.78, 5) is 4.83. The number of fused-ring (bicyclic) bond motifs is 2. The normalized spacial score (nSPS) is 12.6. The molecule has 11 aromatic rings. The maximum absolute atomic E-state index is 2.42. The summed E-state index contributed by atoms with van der Waals surface area (Å²) < 4.78 is 0. The average molecular weight is 1030 g/mol. The molecule has 0 atom stereocenters. The maximum Gasteiger partial charge on any atom is 0.0775 e. The van der Waals surface area contributed by atoms with Gasteiger partial charge in [0.25, 0.3) is 0 Å². The number of hydrogen-bond donors (Lipinski definition) is 0. The summed E-state index contributed by atoms with van der Waals surface area (Å²) in [6, 6.07) is 79.1. The Morgan fingerprint density at radius 3 is 0.676 bits per heavy atom. The molecule has 0 N–H and O–H groups in total. The van der Waals surface area contributed by atoms with Crippen LogP contribution >= 0.6 is 0 Å². The summed E-state index contributed by atoms with van der Waals surface area (Å²) in [6.45, 7) is 29.0. The Kier molecular flexibility index (Phi) is 12.4. The molecule has 0 unspecified atom stereocenters. The third-order valence-electron chi connectivity index (χ3n) is 15.5. The van der Waals surface area contributed by atoms with E-state index in [0.29, 0.717) is 0 Å². The Morgan fingerprint density at radius 2 is 0.432 bits per heavy atom. The van der Waals surface area contributed by atoms with E-state index in [1.54, 1.807) is 0 Å². The van der Waals surface area contributed by atoms with Crippen LogP contribution in [-0.4, -0.2) is 32.3 Å². The topological polar surface area (TPSA) is 6.48 Å². The van der Waals surface area contributed by atoms with Gasteiger partial charge in [-0.1, -0.05) is 233 Å². The number of benzene rings is 11. The number of rotatable bonds is 12. The highest BCUT2D eigenvalue weighted by atomic mass is 28.3. The minimum absolute atomic E-state index is 1.15. The highest BCUT2D eigenvalue weighted by Gasteiger charge is 2.24. The van der Waals surface area contributed by atoms with Gasteiger partial charge in [-0.05, 0) is 138 Å². The second-order valence-corrected chi connectivity index (χ2v) is 45.0. The first-order valence-electron chi connectivity index (χ1n) is 26.6. The molecule has 11 aromatic carbocycles. The van der Waals surface area contributed by atoms with Crippen molar-refractivity contribution in [1.82, 2.24) is 0 Å². The molecule has 0 saturated carbocycles. The molecule has 0 aliphatic heterocycles. The smallest absolute Gasteiger partial charge is 0.0775 e. The zero-order valence-electron chi connectivity index (χ0n) is 45.5. The summed E-state index contributed by atoms with van der Waals surface area (Å²) in [5, 5.41) is 16.3. The summed E-state index contributed by atoms with van der Waals surface area (Å²) in [6.07, 6.45) is 0. The zero-order chi connectivity index (χ0) is 51.9. The van der Waals surface area contributed by atoms with Crippen molar-refractivity contribution in [1.29, 1.82) is 0 Å². The summed E-state index contributed by atoms with van der Waals surface area (Å²) in [5.74, 6) is 0. The monoisotopic (exact) mass is 1030 g/mol. The predicted octanol–water partition coefficient (Wildman–Crippen LogP) is 18.2. The first-order valence-corrected chi connectivity index (χ1v) is 40.6. The van der Waals surface area contributed by atoms with Gasteiger partial charge in [0.05, 0.1) is 32.3 Å². The van der Waals surface area contributed by atoms with Gasteiger partial charge in [0, 0.05) is 34.1 Å². The van der Waals surface area contributed by atoms with Gasteiger partial charge in [-0.3, -0.25) is 0 Å². The van der Waals surface area contributed by atoms with Gasteiger partial charge in [0.1, 0.15) is 0 Å². The average Bonchev–Trinajstić information content (AvgIpc) is 3.38. The van der Waals surface area contributed by atoms with E-state index in [1.807, 2.05) is 0 Å². The first kappa shape index (κ1) is 49.4. The van der Waals surface area contributed by atoms with E-state index in [1.165, 1.54) is 109 Å². The molecule has 368 valence electrons. The molecule has 0 saturated heterocycles. The van der Waals surface area contributed by atoms with Crippen molar-refractivity contribution >= 4 is 130 Å². The van der Waals surface area contributed by atoms with Crippen LogP contribution < -0.4 is 30.5 Å². The van der Waals surface area contributed by atoms with Crippen LogP contribution in [0.1, 0.15) is 0 Å². The molecule has 6 heteroatoms. The van der Waals surface area contributed by atoms with E-state index in [-0.39, 0.29) is 0 Å². The molecular formula is C68H70N2Si4. The Morgan fingerprint density at radius 1 is 0.216 bits per heavy atom. The largest absolute Gasteiger partial charge is 0.311 e. The van der Waals surface area contributed by atoms with Gasteiger partial charge in [-0.25, -0.2) is 0 Å². The minimum atomic E-state index is -1.45. The fraction of sp³-hybridized carbons (Fsp3) is 0.176. The highest BCUT2D eigenvalue weighted by Crippen LogP contribution is 2.46. The van der Waals surface area contributed by atoms with Crippen LogP contribution in [0.15, 0.2) is 206 Å². The Bertz CT molecular complexity index is 3430. The van der Waals surface area contributed by atoms with E-state index < -0.39 is 32.3 Å². The second-order valence-electron chi connectivity index (χ2n) is 24.7. The summed E-state index contributed by atoms with van der Waals surface area (Å²) >= 11 is 0. The molecule has 0 heterocycles. The maximum atomic E-state index is 2.42. The van der Waals surface area contributed by atoms with Crippen molar-refractivity contribution in [2.45, 2.75) is 78.6 Å². The van der Waals surface area contributed by atoms with Crippen molar-refractivity contribution < 1.29 is 0 Å². The van der Waals surface area contributed by atoms with Crippen molar-refractivity contribution in [2.24, 2.45) is 0 Å². The van der Waals surface area contributed by atoms with E-state index in [2.05, 4.69) is 295 Å². The minimum Gasteiger partial charge on any atom is -0.311 e. The molecule has 0 aliphatic rings. The molecule has 0 spiro atoms. The Hall–Kier alpha value is -6.81. The van der Waals surface area contributed by atoms with Gasteiger partial charge in [0.2, 0.25) is 0 Å². The second kappa shape index (κ2) is 18.5. The van der Waals surface area contributed by atoms with Crippen LogP contribution in [0.25, 0.3) is 65.3 Å². The Balaban J connectivity index is 0.962. The molecule has 74 heavy (non-hydrogen) atoms. The quantitative estimate of drug-likeness (QED) is 0.0684. The van der Waals surface area contributed by atoms with Crippen LogP contribution in [0.3, 0.4) is 0 Å². The Labute approximate surface area is 444 Å². The highest BCUT2D eigenvalue weighted by molar-refractivity contribution is 6.90. The van der Waals surface area contributed by atoms with E-state index in [0.717, 1.165) is 11.4 Å². The fourth-order valence-corrected chi connectivity index (χ4v) is 15.8. The first-order chi connectivity index (χ1) is 35.2. The van der Waals surface area contributed by atoms with Gasteiger partial charge in [0.15, 0.2) is 0 Å². The zero-order valence-corrected chi connectivity index (χ0v) is 49.5. The number of nitrogens with zero attached hydrogens (tertiary/aromatic N) is 2. The standard InChI is InChI=1S/C68H70N2Si4/c1-71(2,3)55-35-27-51(28-36-55)69(52-29-37-56(38-30-52)72(4,5)6)49-23-19-47(20-24-49)59-43-45-65-64-18-14-16-62-60(44-46-66(68(62)64)63-17-13-15-61(59)67(63)65)48-21-25-50(26-22-48)70(53-31-39-57(40-32-53)73(7,8)9)54-33-41-58(42-34-54)74(10,11)12/h13-46H,1-12H3. The molecule has 11 rings (SSSR count). The van der Waals surface area contributed by atoms with Crippen LogP contribution in [0, 0.1) is 0 Å². The van der Waals surface area contributed by atoms with Crippen LogP contribution in [0.4, 0.5) is 34.1 Å². The van der Waals surface area contributed by atoms with Crippen molar-refractivity contribution in [3.05, 3.63) is 206 Å². The van der Waals surface area contributed by atoms with Gasteiger partial charge >= 0.3 is 0 Å². The van der Waals surface area contributed by atoms with Crippen molar-refractivity contribution in [3.63, 3.8) is 0 Å². The SMILES string of the molecule is C[Si](C)(C)c1ccc(N(c2ccc(-c3ccc4c5cccc6c(-c7ccc(N(c8ccc([Si](C)(C)C)cc8)c8ccc([Si](C)(C)C)cc8)cc7)ccc(c7cccc3c74)c65)cc2)c2ccc([Si](C)(C)C)cc2)cc1. The summed E-state index contributed by atoms with van der Waals surface area (Å²) in [5.41, 5.74) is 12.0. The summed E-state index contributed by atoms with van der Waals surface area (Å²) in [7, 11) is -5.80. The third kappa shape index (κ3) is 9.16. The molecular weight excluding hydrogens is 957 g/mol. The lowest BCUT2D eigenvalue weighted by molar-refractivity contribution is 1.29. The molecule has 0 fully saturated rings. The third-order valence-corrected chi connectivity index (χ3v) is 23.8. The lowest BCUT2D eigenvalue weighted by atomic mass is 9.85. The molecule has 0 radical (unpaired) electrons. The van der Waals surface area contributed by atoms with Crippen LogP contribution in [0.5, 0.6) is 0 Å². The van der Waals surface area contributed by atoms with E-state index in [4.69, 9.17) is 0 Å². The van der Waals surface area contributed by atoms with E-state index >= 15 is 0 Å². The van der Waals surface area contributed by atoms with Gasteiger partial charge < -0.3 is 9.80 Å². The number of hydrogen-bond acceptors (Lipinski definition) is 2. The predicted molar refractivity (Wildman–Crippen MR) is 340 cm³/mol. The van der Waals surface area contributed by atoms with Crippen molar-refractivity contribution in [2.75, 3.05) is 9.80 Å². The lowest BCUT2D eigenvalue weighted by Gasteiger charge is -2.28. The van der Waals surface area contributed by atoms with Crippen molar-refractivity contribution in [3.8, 4) is 22.3 Å². The molecule has 0 aromatic heterocycles. The lowest BCUT2D eigenvalue weighted by Crippen LogP contribution is -2.37. The molecule has 2 nitrogen and oxygen atoms in total. The molecule has 0 bridgehead atoms. The number of anilines is 6. The van der Waals surface area contributed by atoms with Crippen LogP contribution in [-0.2, 0) is 0 Å². The van der Waals surface area contributed by atoms with E-state index in [9.17, 15) is 0 Å². The van der Waals surface area contributed by atoms with Gasteiger partial charge in [-0.15, -0.1) is 0 Å².